The minimum absolute atomic E-state index is 0.198. The first-order chi connectivity index (χ1) is 12.1. The van der Waals surface area contributed by atoms with Crippen molar-refractivity contribution in [2.45, 2.75) is 26.3 Å². The Hall–Kier alpha value is -2.54. The Labute approximate surface area is 147 Å². The molecule has 2 rings (SSSR count). The molecule has 7 heteroatoms. The summed E-state index contributed by atoms with van der Waals surface area (Å²) in [5.41, 5.74) is 2.22. The highest BCUT2D eigenvalue weighted by atomic mass is 16.5. The van der Waals surface area contributed by atoms with Crippen LogP contribution >= 0.6 is 0 Å². The Morgan fingerprint density at radius 2 is 2.04 bits per heavy atom. The zero-order chi connectivity index (χ0) is 18.2. The lowest BCUT2D eigenvalue weighted by Gasteiger charge is -2.16. The molecule has 1 aromatic heterocycles. The molecule has 0 saturated carbocycles. The van der Waals surface area contributed by atoms with E-state index in [0.717, 1.165) is 17.7 Å². The Kier molecular flexibility index (Phi) is 6.82. The van der Waals surface area contributed by atoms with E-state index in [1.54, 1.807) is 20.3 Å². The summed E-state index contributed by atoms with van der Waals surface area (Å²) >= 11 is 0. The monoisotopic (exact) mass is 347 g/mol. The number of hydrogen-bond acceptors (Lipinski definition) is 5. The van der Waals surface area contributed by atoms with Crippen LogP contribution < -0.4 is 14.8 Å². The van der Waals surface area contributed by atoms with E-state index >= 15 is 0 Å². The number of aromatic nitrogens is 2. The first kappa shape index (κ1) is 18.8. The summed E-state index contributed by atoms with van der Waals surface area (Å²) in [7, 11) is 3.21. The maximum Gasteiger partial charge on any atom is 0.272 e. The Morgan fingerprint density at radius 1 is 1.24 bits per heavy atom. The van der Waals surface area contributed by atoms with E-state index in [4.69, 9.17) is 14.2 Å². The summed E-state index contributed by atoms with van der Waals surface area (Å²) in [6.07, 6.45) is 0.803. The number of benzene rings is 1. The molecule has 0 aliphatic heterocycles. The standard InChI is InChI=1S/C18H25N3O4/c1-5-14-11-15(21-20-14)18(22)19-12(2)13-6-7-16(17(10-13)24-4)25-9-8-23-3/h6-7,10-12H,5,8-9H2,1-4H3,(H,19,22)(H,20,21). The van der Waals surface area contributed by atoms with E-state index < -0.39 is 0 Å². The number of methoxy groups -OCH3 is 2. The van der Waals surface area contributed by atoms with E-state index in [2.05, 4.69) is 15.5 Å². The van der Waals surface area contributed by atoms with Crippen LogP contribution in [-0.2, 0) is 11.2 Å². The molecular formula is C18H25N3O4. The highest BCUT2D eigenvalue weighted by molar-refractivity contribution is 5.92. The molecule has 1 unspecified atom stereocenters. The van der Waals surface area contributed by atoms with E-state index in [-0.39, 0.29) is 11.9 Å². The Balaban J connectivity index is 2.05. The number of carbonyl (C=O) groups excluding carboxylic acids is 1. The molecule has 2 aromatic rings. The molecule has 7 nitrogen and oxygen atoms in total. The molecule has 2 N–H and O–H groups in total. The zero-order valence-electron chi connectivity index (χ0n) is 15.1. The van der Waals surface area contributed by atoms with Crippen molar-refractivity contribution < 1.29 is 19.0 Å². The molecule has 1 aromatic carbocycles. The Morgan fingerprint density at radius 3 is 2.68 bits per heavy atom. The van der Waals surface area contributed by atoms with Gasteiger partial charge in [0.25, 0.3) is 5.91 Å². The van der Waals surface area contributed by atoms with Gasteiger partial charge < -0.3 is 19.5 Å². The smallest absolute Gasteiger partial charge is 0.272 e. The second-order valence-corrected chi connectivity index (χ2v) is 5.58. The molecule has 0 radical (unpaired) electrons. The number of H-pyrrole nitrogens is 1. The van der Waals surface area contributed by atoms with Crippen LogP contribution in [0.2, 0.25) is 0 Å². The van der Waals surface area contributed by atoms with E-state index in [0.29, 0.717) is 30.4 Å². The molecule has 0 spiro atoms. The molecule has 0 aliphatic carbocycles. The van der Waals surface area contributed by atoms with Gasteiger partial charge in [0.2, 0.25) is 0 Å². The molecule has 1 amide bonds. The van der Waals surface area contributed by atoms with Crippen LogP contribution in [-0.4, -0.2) is 43.5 Å². The van der Waals surface area contributed by atoms with Gasteiger partial charge in [-0.2, -0.15) is 5.10 Å². The molecule has 0 aliphatic rings. The second-order valence-electron chi connectivity index (χ2n) is 5.58. The summed E-state index contributed by atoms with van der Waals surface area (Å²) in [6.45, 7) is 4.85. The Bertz CT molecular complexity index is 699. The maximum atomic E-state index is 12.3. The molecule has 1 heterocycles. The molecule has 1 atom stereocenters. The summed E-state index contributed by atoms with van der Waals surface area (Å²) in [6, 6.07) is 7.15. The third-order valence-electron chi connectivity index (χ3n) is 3.82. The molecule has 0 bridgehead atoms. The van der Waals surface area contributed by atoms with Crippen LogP contribution in [0.4, 0.5) is 0 Å². The normalized spacial score (nSPS) is 11.8. The van der Waals surface area contributed by atoms with Crippen molar-refractivity contribution in [3.63, 3.8) is 0 Å². The number of aromatic amines is 1. The van der Waals surface area contributed by atoms with Gasteiger partial charge in [0.15, 0.2) is 11.5 Å². The fourth-order valence-electron chi connectivity index (χ4n) is 2.32. The van der Waals surface area contributed by atoms with Gasteiger partial charge in [0.05, 0.1) is 19.8 Å². The van der Waals surface area contributed by atoms with E-state index in [1.165, 1.54) is 0 Å². The highest BCUT2D eigenvalue weighted by Gasteiger charge is 2.16. The predicted octanol–water partition coefficient (Wildman–Crippen LogP) is 2.50. The van der Waals surface area contributed by atoms with Gasteiger partial charge in [-0.15, -0.1) is 0 Å². The quantitative estimate of drug-likeness (QED) is 0.681. The molecule has 136 valence electrons. The molecule has 0 saturated heterocycles. The third-order valence-corrected chi connectivity index (χ3v) is 3.82. The van der Waals surface area contributed by atoms with Crippen LogP contribution in [0.25, 0.3) is 0 Å². The van der Waals surface area contributed by atoms with Crippen molar-refractivity contribution >= 4 is 5.91 Å². The lowest BCUT2D eigenvalue weighted by molar-refractivity contribution is 0.0934. The predicted molar refractivity (Wildman–Crippen MR) is 94.2 cm³/mol. The average Bonchev–Trinajstić information content (AvgIpc) is 3.11. The van der Waals surface area contributed by atoms with Gasteiger partial charge in [-0.3, -0.25) is 9.89 Å². The van der Waals surface area contributed by atoms with Crippen molar-refractivity contribution in [3.05, 3.63) is 41.2 Å². The molecule has 0 fully saturated rings. The minimum atomic E-state index is -0.220. The lowest BCUT2D eigenvalue weighted by atomic mass is 10.1. The fraction of sp³-hybridized carbons (Fsp3) is 0.444. The molecule has 25 heavy (non-hydrogen) atoms. The van der Waals surface area contributed by atoms with Crippen LogP contribution in [0.5, 0.6) is 11.5 Å². The number of rotatable bonds is 9. The van der Waals surface area contributed by atoms with E-state index in [1.807, 2.05) is 32.0 Å². The zero-order valence-corrected chi connectivity index (χ0v) is 15.1. The minimum Gasteiger partial charge on any atom is -0.493 e. The van der Waals surface area contributed by atoms with Gasteiger partial charge >= 0.3 is 0 Å². The van der Waals surface area contributed by atoms with Crippen LogP contribution in [0.1, 0.15) is 41.6 Å². The summed E-state index contributed by atoms with van der Waals surface area (Å²) in [4.78, 5) is 12.3. The summed E-state index contributed by atoms with van der Waals surface area (Å²) in [5, 5.41) is 9.81. The van der Waals surface area contributed by atoms with Crippen LogP contribution in [0.3, 0.4) is 0 Å². The van der Waals surface area contributed by atoms with Gasteiger partial charge in [-0.05, 0) is 37.1 Å². The lowest BCUT2D eigenvalue weighted by Crippen LogP contribution is -2.27. The van der Waals surface area contributed by atoms with Crippen molar-refractivity contribution in [1.82, 2.24) is 15.5 Å². The topological polar surface area (TPSA) is 85.5 Å². The number of nitrogens with zero attached hydrogens (tertiary/aromatic N) is 1. The van der Waals surface area contributed by atoms with Crippen LogP contribution in [0, 0.1) is 0 Å². The van der Waals surface area contributed by atoms with E-state index in [9.17, 15) is 4.79 Å². The fourth-order valence-corrected chi connectivity index (χ4v) is 2.32. The number of nitrogens with one attached hydrogen (secondary N) is 2. The number of carbonyl (C=O) groups is 1. The van der Waals surface area contributed by atoms with Gasteiger partial charge in [-0.25, -0.2) is 0 Å². The number of ether oxygens (including phenoxy) is 3. The van der Waals surface area contributed by atoms with Crippen LogP contribution in [0.15, 0.2) is 24.3 Å². The SMILES string of the molecule is CCc1cc(C(=O)NC(C)c2ccc(OCCOC)c(OC)c2)n[nH]1. The highest BCUT2D eigenvalue weighted by Crippen LogP contribution is 2.30. The average molecular weight is 347 g/mol. The molecular weight excluding hydrogens is 322 g/mol. The summed E-state index contributed by atoms with van der Waals surface area (Å²) in [5.74, 6) is 1.03. The largest absolute Gasteiger partial charge is 0.493 e. The van der Waals surface area contributed by atoms with Gasteiger partial charge in [0, 0.05) is 12.8 Å². The van der Waals surface area contributed by atoms with Crippen molar-refractivity contribution in [2.24, 2.45) is 0 Å². The van der Waals surface area contributed by atoms with Crippen molar-refractivity contribution in [3.8, 4) is 11.5 Å². The maximum absolute atomic E-state index is 12.3. The number of hydrogen-bond donors (Lipinski definition) is 2. The number of amides is 1. The van der Waals surface area contributed by atoms with Gasteiger partial charge in [0.1, 0.15) is 12.3 Å². The van der Waals surface area contributed by atoms with Crippen molar-refractivity contribution in [1.29, 1.82) is 0 Å². The second kappa shape index (κ2) is 9.08. The third kappa shape index (κ3) is 4.96. The number of aryl methyl sites for hydroxylation is 1. The first-order valence-corrected chi connectivity index (χ1v) is 8.23. The summed E-state index contributed by atoms with van der Waals surface area (Å²) < 4.78 is 16.0. The van der Waals surface area contributed by atoms with Gasteiger partial charge in [-0.1, -0.05) is 13.0 Å². The van der Waals surface area contributed by atoms with Crippen molar-refractivity contribution in [2.75, 3.05) is 27.4 Å². The first-order valence-electron chi connectivity index (χ1n) is 8.23.